The minimum Gasteiger partial charge on any atom is -0.464 e. The lowest BCUT2D eigenvalue weighted by molar-refractivity contribution is 0.617. The van der Waals surface area contributed by atoms with Gasteiger partial charge < -0.3 is 9.32 Å². The summed E-state index contributed by atoms with van der Waals surface area (Å²) in [5.74, 6) is 0. The van der Waals surface area contributed by atoms with Crippen LogP contribution in [-0.2, 0) is 0 Å². The van der Waals surface area contributed by atoms with Crippen molar-refractivity contribution in [1.82, 2.24) is 0 Å². The summed E-state index contributed by atoms with van der Waals surface area (Å²) in [6.45, 7) is 2.13. The van der Waals surface area contributed by atoms with Crippen LogP contribution in [0.1, 0.15) is 5.56 Å². The average Bonchev–Trinajstić information content (AvgIpc) is 3.64. The molecular formula is C47H31NO. The van der Waals surface area contributed by atoms with Crippen LogP contribution in [0, 0.1) is 6.92 Å². The Morgan fingerprint density at radius 3 is 1.67 bits per heavy atom. The van der Waals surface area contributed by atoms with Crippen LogP contribution in [0.4, 0.5) is 17.1 Å². The lowest BCUT2D eigenvalue weighted by Crippen LogP contribution is -2.11. The maximum absolute atomic E-state index is 6.16. The molecular weight excluding hydrogens is 595 g/mol. The summed E-state index contributed by atoms with van der Waals surface area (Å²) in [5, 5.41) is 6.09. The van der Waals surface area contributed by atoms with Crippen molar-refractivity contribution in [3.05, 3.63) is 176 Å². The van der Waals surface area contributed by atoms with E-state index in [4.69, 9.17) is 4.42 Å². The van der Waals surface area contributed by atoms with E-state index in [1.165, 1.54) is 60.5 Å². The zero-order chi connectivity index (χ0) is 32.5. The fourth-order valence-corrected chi connectivity index (χ4v) is 7.57. The van der Waals surface area contributed by atoms with E-state index >= 15 is 0 Å². The van der Waals surface area contributed by atoms with Crippen LogP contribution in [0.15, 0.2) is 174 Å². The number of hydrogen-bond acceptors (Lipinski definition) is 2. The number of furan rings is 1. The molecule has 1 heterocycles. The van der Waals surface area contributed by atoms with Gasteiger partial charge in [-0.05, 0) is 140 Å². The first kappa shape index (κ1) is 27.7. The van der Waals surface area contributed by atoms with Crippen LogP contribution in [0.3, 0.4) is 0 Å². The highest BCUT2D eigenvalue weighted by atomic mass is 16.3. The Kier molecular flexibility index (Phi) is 6.13. The molecule has 49 heavy (non-hydrogen) atoms. The quantitative estimate of drug-likeness (QED) is 0.189. The Hall–Kier alpha value is -6.38. The molecule has 0 atom stereocenters. The predicted octanol–water partition coefficient (Wildman–Crippen LogP) is 13.5. The van der Waals surface area contributed by atoms with Gasteiger partial charge in [-0.25, -0.2) is 0 Å². The van der Waals surface area contributed by atoms with Gasteiger partial charge in [0.15, 0.2) is 0 Å². The van der Waals surface area contributed by atoms with Crippen LogP contribution in [-0.4, -0.2) is 0 Å². The number of benzene rings is 8. The van der Waals surface area contributed by atoms with E-state index in [2.05, 4.69) is 170 Å². The molecule has 8 aromatic carbocycles. The summed E-state index contributed by atoms with van der Waals surface area (Å²) in [4.78, 5) is 2.37. The van der Waals surface area contributed by atoms with Gasteiger partial charge in [-0.1, -0.05) is 96.6 Å². The molecule has 0 amide bonds. The molecule has 1 aromatic heterocycles. The van der Waals surface area contributed by atoms with Crippen molar-refractivity contribution in [3.63, 3.8) is 0 Å². The van der Waals surface area contributed by atoms with Crippen molar-refractivity contribution in [2.45, 2.75) is 6.92 Å². The predicted molar refractivity (Wildman–Crippen MR) is 206 cm³/mol. The molecule has 0 bridgehead atoms. The molecule has 0 aliphatic heterocycles. The normalized spacial score (nSPS) is 11.8. The van der Waals surface area contributed by atoms with Crippen molar-refractivity contribution in [2.24, 2.45) is 0 Å². The first-order valence-corrected chi connectivity index (χ1v) is 16.8. The Balaban J connectivity index is 1.13. The van der Waals surface area contributed by atoms with Crippen LogP contribution < -0.4 is 4.90 Å². The zero-order valence-electron chi connectivity index (χ0n) is 27.0. The monoisotopic (exact) mass is 625 g/mol. The lowest BCUT2D eigenvalue weighted by atomic mass is 9.77. The molecule has 0 radical (unpaired) electrons. The van der Waals surface area contributed by atoms with E-state index in [-0.39, 0.29) is 0 Å². The number of hydrogen-bond donors (Lipinski definition) is 0. The van der Waals surface area contributed by atoms with Gasteiger partial charge in [0.1, 0.15) is 5.58 Å². The van der Waals surface area contributed by atoms with Gasteiger partial charge in [0.05, 0.1) is 12.0 Å². The second-order valence-corrected chi connectivity index (χ2v) is 13.1. The Labute approximate surface area is 285 Å². The van der Waals surface area contributed by atoms with Gasteiger partial charge in [0.2, 0.25) is 0 Å². The highest BCUT2D eigenvalue weighted by molar-refractivity contribution is 6.13. The summed E-state index contributed by atoms with van der Waals surface area (Å²) in [7, 11) is 0. The van der Waals surface area contributed by atoms with Crippen molar-refractivity contribution < 1.29 is 4.42 Å². The smallest absolute Gasteiger partial charge is 0.143 e. The van der Waals surface area contributed by atoms with Crippen molar-refractivity contribution in [2.75, 3.05) is 4.90 Å². The van der Waals surface area contributed by atoms with Crippen molar-refractivity contribution >= 4 is 49.6 Å². The van der Waals surface area contributed by atoms with E-state index in [0.717, 1.165) is 39.2 Å². The number of fused-ring (bicyclic) bond motifs is 7. The zero-order valence-corrected chi connectivity index (χ0v) is 27.0. The fourth-order valence-electron chi connectivity index (χ4n) is 7.57. The Morgan fingerprint density at radius 2 is 0.980 bits per heavy atom. The van der Waals surface area contributed by atoms with Gasteiger partial charge in [-0.2, -0.15) is 0 Å². The highest BCUT2D eigenvalue weighted by Gasteiger charge is 2.25. The SMILES string of the molecule is Cc1ccc(N(c2ccc3cc4c(cc3c2)-c2cc3cc(-c5ccccc5)ccc3cc2-4)c2ccc3ccoc3c2-c2ccccc2)cc1. The van der Waals surface area contributed by atoms with Gasteiger partial charge in [-0.15, -0.1) is 0 Å². The van der Waals surface area contributed by atoms with Gasteiger partial charge in [-0.3, -0.25) is 0 Å². The van der Waals surface area contributed by atoms with Crippen LogP contribution in [0.5, 0.6) is 0 Å². The lowest BCUT2D eigenvalue weighted by Gasteiger charge is -2.29. The summed E-state index contributed by atoms with van der Waals surface area (Å²) < 4.78 is 6.16. The first-order chi connectivity index (χ1) is 24.2. The third kappa shape index (κ3) is 4.49. The van der Waals surface area contributed by atoms with Gasteiger partial charge in [0.25, 0.3) is 0 Å². The largest absolute Gasteiger partial charge is 0.464 e. The molecule has 230 valence electrons. The average molecular weight is 626 g/mol. The van der Waals surface area contributed by atoms with Crippen LogP contribution in [0.25, 0.3) is 77.0 Å². The second-order valence-electron chi connectivity index (χ2n) is 13.1. The molecule has 2 nitrogen and oxygen atoms in total. The van der Waals surface area contributed by atoms with E-state index in [1.807, 2.05) is 6.07 Å². The highest BCUT2D eigenvalue weighted by Crippen LogP contribution is 2.51. The van der Waals surface area contributed by atoms with E-state index in [9.17, 15) is 0 Å². The second kappa shape index (κ2) is 10.8. The van der Waals surface area contributed by atoms with E-state index in [0.29, 0.717) is 0 Å². The molecule has 0 N–H and O–H groups in total. The molecule has 0 spiro atoms. The van der Waals surface area contributed by atoms with Crippen molar-refractivity contribution in [3.8, 4) is 44.5 Å². The minimum atomic E-state index is 0.891. The van der Waals surface area contributed by atoms with E-state index in [1.54, 1.807) is 6.26 Å². The maximum Gasteiger partial charge on any atom is 0.143 e. The summed E-state index contributed by atoms with van der Waals surface area (Å²) in [5.41, 5.74) is 15.4. The number of aryl methyl sites for hydroxylation is 1. The minimum absolute atomic E-state index is 0.891. The molecule has 0 saturated carbocycles. The maximum atomic E-state index is 6.16. The Bertz CT molecular complexity index is 2700. The summed E-state index contributed by atoms with van der Waals surface area (Å²) in [6.07, 6.45) is 1.79. The van der Waals surface area contributed by atoms with Gasteiger partial charge >= 0.3 is 0 Å². The summed E-state index contributed by atoms with van der Waals surface area (Å²) in [6, 6.07) is 59.6. The first-order valence-electron chi connectivity index (χ1n) is 16.8. The van der Waals surface area contributed by atoms with Gasteiger partial charge in [0, 0.05) is 22.3 Å². The molecule has 10 rings (SSSR count). The number of nitrogens with zero attached hydrogens (tertiary/aromatic N) is 1. The molecule has 0 saturated heterocycles. The third-order valence-corrected chi connectivity index (χ3v) is 10.1. The molecule has 0 unspecified atom stereocenters. The van der Waals surface area contributed by atoms with Crippen LogP contribution >= 0.6 is 0 Å². The fraction of sp³-hybridized carbons (Fsp3) is 0.0213. The summed E-state index contributed by atoms with van der Waals surface area (Å²) >= 11 is 0. The number of rotatable bonds is 5. The molecule has 2 heteroatoms. The molecule has 9 aromatic rings. The Morgan fingerprint density at radius 1 is 0.408 bits per heavy atom. The molecule has 1 aliphatic carbocycles. The van der Waals surface area contributed by atoms with Crippen molar-refractivity contribution in [1.29, 1.82) is 0 Å². The van der Waals surface area contributed by atoms with Crippen LogP contribution in [0.2, 0.25) is 0 Å². The topological polar surface area (TPSA) is 16.4 Å². The van der Waals surface area contributed by atoms with E-state index < -0.39 is 0 Å². The molecule has 0 fully saturated rings. The third-order valence-electron chi connectivity index (χ3n) is 10.1. The molecule has 1 aliphatic rings. The standard InChI is InChI=1S/C47H31NO/c1-30-12-18-39(19-13-30)48(45-21-17-33-22-23-49-47(33)46(45)32-10-6-3-7-11-32)40-20-16-36-27-42-41-26-35-15-14-34(31-8-4-2-5-9-31)24-37(35)28-43(41)44(42)29-38(36)25-40/h2-29H,1H3. The number of anilines is 3.